The molecule has 0 saturated carbocycles. The van der Waals surface area contributed by atoms with E-state index in [1.54, 1.807) is 6.07 Å². The normalized spacial score (nSPS) is 34.3. The summed E-state index contributed by atoms with van der Waals surface area (Å²) >= 11 is 0. The number of fused-ring (bicyclic) bond motifs is 2. The number of piperidine rings is 3. The molecule has 4 aliphatic heterocycles. The molecule has 4 aliphatic rings. The van der Waals surface area contributed by atoms with Gasteiger partial charge in [0.15, 0.2) is 5.69 Å². The molecule has 3 atom stereocenters. The molecule has 0 unspecified atom stereocenters. The average molecular weight is 323 g/mol. The number of aromatic nitrogens is 1. The van der Waals surface area contributed by atoms with Crippen LogP contribution in [0.5, 0.6) is 0 Å². The molecule has 0 aliphatic carbocycles. The van der Waals surface area contributed by atoms with Crippen molar-refractivity contribution in [3.63, 3.8) is 0 Å². The maximum absolute atomic E-state index is 13.0. The van der Waals surface area contributed by atoms with Gasteiger partial charge in [-0.05, 0) is 37.4 Å². The second-order valence-corrected chi connectivity index (χ2v) is 7.21. The maximum atomic E-state index is 13.0. The SMILES string of the molecule is O=C(c1ccon1)N1C[C@H](c2ccccc2)[C@H]2[C@@H]1C1CCN2CC1. The monoisotopic (exact) mass is 323 g/mol. The molecule has 4 fully saturated rings. The van der Waals surface area contributed by atoms with E-state index in [1.807, 2.05) is 0 Å². The molecule has 4 saturated heterocycles. The smallest absolute Gasteiger partial charge is 0.276 e. The van der Waals surface area contributed by atoms with E-state index in [-0.39, 0.29) is 5.91 Å². The van der Waals surface area contributed by atoms with Gasteiger partial charge in [0.25, 0.3) is 5.91 Å². The number of carbonyl (C=O) groups is 1. The Hall–Kier alpha value is -2.14. The van der Waals surface area contributed by atoms with Crippen molar-refractivity contribution in [1.82, 2.24) is 15.0 Å². The lowest BCUT2D eigenvalue weighted by Crippen LogP contribution is -2.60. The van der Waals surface area contributed by atoms with E-state index in [2.05, 4.69) is 45.3 Å². The summed E-state index contributed by atoms with van der Waals surface area (Å²) in [6, 6.07) is 13.1. The van der Waals surface area contributed by atoms with E-state index in [0.29, 0.717) is 29.6 Å². The highest BCUT2D eigenvalue weighted by molar-refractivity contribution is 5.92. The van der Waals surface area contributed by atoms with Gasteiger partial charge >= 0.3 is 0 Å². The Balaban J connectivity index is 1.54. The summed E-state index contributed by atoms with van der Waals surface area (Å²) in [6.07, 6.45) is 3.88. The topological polar surface area (TPSA) is 49.6 Å². The summed E-state index contributed by atoms with van der Waals surface area (Å²) in [4.78, 5) is 17.7. The quantitative estimate of drug-likeness (QED) is 0.851. The van der Waals surface area contributed by atoms with Gasteiger partial charge in [0.05, 0.1) is 6.04 Å². The van der Waals surface area contributed by atoms with Crippen molar-refractivity contribution in [3.8, 4) is 0 Å². The molecule has 6 rings (SSSR count). The highest BCUT2D eigenvalue weighted by Gasteiger charge is 2.54. The third-order valence-corrected chi connectivity index (χ3v) is 6.14. The number of carbonyl (C=O) groups excluding carboxylic acids is 1. The molecule has 2 bridgehead atoms. The Labute approximate surface area is 141 Å². The number of likely N-dealkylation sites (tertiary alicyclic amines) is 1. The van der Waals surface area contributed by atoms with Crippen LogP contribution < -0.4 is 0 Å². The standard InChI is InChI=1S/C19H21N3O2/c23-19(16-8-11-24-20-16)22-12-15(13-4-2-1-3-5-13)18-17(22)14-6-9-21(18)10-7-14/h1-5,8,11,14-15,17-18H,6-7,9-10,12H2/t15-,17+,18+/m1/s1. The van der Waals surface area contributed by atoms with Crippen LogP contribution in [0.3, 0.4) is 0 Å². The second-order valence-electron chi connectivity index (χ2n) is 7.21. The van der Waals surface area contributed by atoms with E-state index < -0.39 is 0 Å². The van der Waals surface area contributed by atoms with Gasteiger partial charge in [-0.1, -0.05) is 35.5 Å². The van der Waals surface area contributed by atoms with Gasteiger partial charge in [-0.15, -0.1) is 0 Å². The highest BCUT2D eigenvalue weighted by atomic mass is 16.5. The predicted molar refractivity (Wildman–Crippen MR) is 88.6 cm³/mol. The highest BCUT2D eigenvalue weighted by Crippen LogP contribution is 2.46. The van der Waals surface area contributed by atoms with E-state index in [0.717, 1.165) is 6.54 Å². The third kappa shape index (κ3) is 2.04. The predicted octanol–water partition coefficient (Wildman–Crippen LogP) is 2.38. The Bertz CT molecular complexity index is 722. The van der Waals surface area contributed by atoms with Crippen molar-refractivity contribution in [3.05, 3.63) is 53.9 Å². The van der Waals surface area contributed by atoms with E-state index >= 15 is 0 Å². The molecule has 5 nitrogen and oxygen atoms in total. The van der Waals surface area contributed by atoms with Crippen molar-refractivity contribution in [2.75, 3.05) is 19.6 Å². The van der Waals surface area contributed by atoms with Crippen molar-refractivity contribution in [1.29, 1.82) is 0 Å². The van der Waals surface area contributed by atoms with Crippen LogP contribution in [-0.4, -0.2) is 52.6 Å². The average Bonchev–Trinajstić information content (AvgIpc) is 3.32. The van der Waals surface area contributed by atoms with Crippen LogP contribution in [0, 0.1) is 5.92 Å². The fraction of sp³-hybridized carbons (Fsp3) is 0.474. The largest absolute Gasteiger partial charge is 0.364 e. The first-order valence-corrected chi connectivity index (χ1v) is 8.83. The third-order valence-electron chi connectivity index (χ3n) is 6.14. The van der Waals surface area contributed by atoms with Gasteiger partial charge < -0.3 is 9.42 Å². The van der Waals surface area contributed by atoms with Crippen LogP contribution in [0.1, 0.15) is 34.8 Å². The Morgan fingerprint density at radius 2 is 1.88 bits per heavy atom. The molecule has 124 valence electrons. The first kappa shape index (κ1) is 14.2. The van der Waals surface area contributed by atoms with Crippen molar-refractivity contribution in [2.45, 2.75) is 30.8 Å². The molecule has 1 aromatic carbocycles. The Kier molecular flexibility index (Phi) is 3.23. The lowest BCUT2D eigenvalue weighted by molar-refractivity contribution is -0.00368. The van der Waals surface area contributed by atoms with Gasteiger partial charge in [0, 0.05) is 24.6 Å². The lowest BCUT2D eigenvalue weighted by Gasteiger charge is -2.51. The molecule has 0 N–H and O–H groups in total. The number of benzene rings is 1. The first-order chi connectivity index (χ1) is 11.8. The molecule has 24 heavy (non-hydrogen) atoms. The van der Waals surface area contributed by atoms with Crippen LogP contribution >= 0.6 is 0 Å². The minimum atomic E-state index is 0.0194. The van der Waals surface area contributed by atoms with Gasteiger partial charge in [0.2, 0.25) is 0 Å². The molecule has 0 spiro atoms. The summed E-state index contributed by atoms with van der Waals surface area (Å²) in [5, 5.41) is 3.88. The summed E-state index contributed by atoms with van der Waals surface area (Å²) in [5.41, 5.74) is 1.77. The van der Waals surface area contributed by atoms with Gasteiger partial charge in [-0.3, -0.25) is 9.69 Å². The number of amides is 1. The zero-order valence-electron chi connectivity index (χ0n) is 13.5. The van der Waals surface area contributed by atoms with E-state index in [4.69, 9.17) is 4.52 Å². The van der Waals surface area contributed by atoms with Crippen LogP contribution in [0.15, 0.2) is 47.2 Å². The van der Waals surface area contributed by atoms with Crippen LogP contribution in [0.2, 0.25) is 0 Å². The summed E-state index contributed by atoms with van der Waals surface area (Å²) in [5.74, 6) is 1.02. The van der Waals surface area contributed by atoms with Crippen molar-refractivity contribution < 1.29 is 9.32 Å². The van der Waals surface area contributed by atoms with Gasteiger partial charge in [-0.25, -0.2) is 0 Å². The van der Waals surface area contributed by atoms with Crippen LogP contribution in [0.4, 0.5) is 0 Å². The summed E-state index contributed by atoms with van der Waals surface area (Å²) < 4.78 is 4.90. The summed E-state index contributed by atoms with van der Waals surface area (Å²) in [7, 11) is 0. The van der Waals surface area contributed by atoms with E-state index in [1.165, 1.54) is 37.8 Å². The maximum Gasteiger partial charge on any atom is 0.276 e. The number of hydrogen-bond acceptors (Lipinski definition) is 4. The zero-order chi connectivity index (χ0) is 16.1. The molecule has 5 heterocycles. The van der Waals surface area contributed by atoms with Gasteiger partial charge in [-0.2, -0.15) is 0 Å². The molecular weight excluding hydrogens is 302 g/mol. The first-order valence-electron chi connectivity index (χ1n) is 8.83. The number of rotatable bonds is 2. The van der Waals surface area contributed by atoms with E-state index in [9.17, 15) is 4.79 Å². The minimum Gasteiger partial charge on any atom is -0.364 e. The number of nitrogens with zero attached hydrogens (tertiary/aromatic N) is 3. The molecule has 1 amide bonds. The number of hydrogen-bond donors (Lipinski definition) is 0. The Morgan fingerprint density at radius 1 is 1.08 bits per heavy atom. The fourth-order valence-electron chi connectivity index (χ4n) is 5.12. The summed E-state index contributed by atoms with van der Waals surface area (Å²) in [6.45, 7) is 3.11. The second kappa shape index (κ2) is 5.45. The molecule has 5 heteroatoms. The molecular formula is C19H21N3O2. The molecule has 2 aromatic rings. The fourth-order valence-corrected chi connectivity index (χ4v) is 5.12. The minimum absolute atomic E-state index is 0.0194. The van der Waals surface area contributed by atoms with Gasteiger partial charge in [0.1, 0.15) is 6.26 Å². The Morgan fingerprint density at radius 3 is 2.58 bits per heavy atom. The molecule has 0 radical (unpaired) electrons. The molecule has 1 aromatic heterocycles. The zero-order valence-corrected chi connectivity index (χ0v) is 13.5. The van der Waals surface area contributed by atoms with Crippen LogP contribution in [-0.2, 0) is 0 Å². The van der Waals surface area contributed by atoms with Crippen LogP contribution in [0.25, 0.3) is 0 Å². The van der Waals surface area contributed by atoms with Crippen molar-refractivity contribution >= 4 is 5.91 Å². The van der Waals surface area contributed by atoms with Crippen molar-refractivity contribution in [2.24, 2.45) is 5.92 Å². The lowest BCUT2D eigenvalue weighted by atomic mass is 9.75.